The second-order valence-electron chi connectivity index (χ2n) is 7.97. The minimum absolute atomic E-state index is 0.0555. The van der Waals surface area contributed by atoms with Gasteiger partial charge in [-0.05, 0) is 55.3 Å². The van der Waals surface area contributed by atoms with E-state index in [1.807, 2.05) is 25.3 Å². The van der Waals surface area contributed by atoms with Crippen molar-refractivity contribution >= 4 is 52.5 Å². The van der Waals surface area contributed by atoms with Gasteiger partial charge in [0.2, 0.25) is 5.91 Å². The molecule has 0 saturated heterocycles. The number of carbonyl (C=O) groups is 2. The first kappa shape index (κ1) is 26.8. The largest absolute Gasteiger partial charge is 0.497 e. The van der Waals surface area contributed by atoms with Crippen LogP contribution in [0.1, 0.15) is 43.0 Å². The highest BCUT2D eigenvalue weighted by Gasteiger charge is 2.26. The number of carbonyl (C=O) groups excluding carboxylic acids is 2. The maximum atomic E-state index is 12.9. The second-order valence-corrected chi connectivity index (χ2v) is 9.76. The van der Waals surface area contributed by atoms with Crippen LogP contribution in [0.2, 0.25) is 10.0 Å². The van der Waals surface area contributed by atoms with Crippen molar-refractivity contribution in [2.24, 2.45) is 5.92 Å². The van der Waals surface area contributed by atoms with Crippen LogP contribution in [-0.2, 0) is 11.3 Å². The normalized spacial score (nSPS) is 11.9. The van der Waals surface area contributed by atoms with E-state index in [-0.39, 0.29) is 29.5 Å². The molecule has 1 unspecified atom stereocenters. The van der Waals surface area contributed by atoms with Crippen molar-refractivity contribution in [3.05, 3.63) is 63.9 Å². The minimum atomic E-state index is -0.367. The van der Waals surface area contributed by atoms with Gasteiger partial charge in [0.25, 0.3) is 5.91 Å². The molecule has 0 radical (unpaired) electrons. The van der Waals surface area contributed by atoms with Gasteiger partial charge in [0, 0.05) is 17.1 Å². The smallest absolute Gasteiger partial charge is 0.251 e. The number of amides is 2. The third-order valence-corrected chi connectivity index (χ3v) is 6.70. The van der Waals surface area contributed by atoms with Gasteiger partial charge >= 0.3 is 0 Å². The number of hydrogen-bond acceptors (Lipinski definition) is 6. The fraction of sp³-hybridized carbons (Fsp3) is 0.333. The van der Waals surface area contributed by atoms with Crippen LogP contribution in [0.3, 0.4) is 0 Å². The zero-order valence-corrected chi connectivity index (χ0v) is 22.2. The Labute approximate surface area is 218 Å². The third kappa shape index (κ3) is 6.90. The molecule has 0 bridgehead atoms. The fourth-order valence-electron chi connectivity index (χ4n) is 3.34. The van der Waals surface area contributed by atoms with E-state index in [0.717, 1.165) is 0 Å². The van der Waals surface area contributed by atoms with Crippen molar-refractivity contribution in [2.75, 3.05) is 18.2 Å². The summed E-state index contributed by atoms with van der Waals surface area (Å²) < 4.78 is 7.07. The first-order chi connectivity index (χ1) is 16.7. The predicted molar refractivity (Wildman–Crippen MR) is 140 cm³/mol. The summed E-state index contributed by atoms with van der Waals surface area (Å²) in [5.74, 6) is 1.02. The molecule has 2 aromatic carbocycles. The lowest BCUT2D eigenvalue weighted by Crippen LogP contribution is -2.33. The Bertz CT molecular complexity index is 1180. The molecule has 0 spiro atoms. The average molecular weight is 536 g/mol. The van der Waals surface area contributed by atoms with Crippen molar-refractivity contribution in [3.8, 4) is 5.75 Å². The Balaban J connectivity index is 1.70. The lowest BCUT2D eigenvalue weighted by molar-refractivity contribution is -0.113. The van der Waals surface area contributed by atoms with Crippen molar-refractivity contribution in [3.63, 3.8) is 0 Å². The fourth-order valence-corrected chi connectivity index (χ4v) is 4.60. The third-order valence-electron chi connectivity index (χ3n) is 5.18. The number of benzene rings is 2. The molecule has 1 aromatic heterocycles. The van der Waals surface area contributed by atoms with Crippen molar-refractivity contribution in [1.82, 2.24) is 20.1 Å². The number of nitrogens with zero attached hydrogens (tertiary/aromatic N) is 3. The minimum Gasteiger partial charge on any atom is -0.497 e. The van der Waals surface area contributed by atoms with Crippen LogP contribution in [0, 0.1) is 5.92 Å². The van der Waals surface area contributed by atoms with E-state index in [0.29, 0.717) is 44.6 Å². The molecular weight excluding hydrogens is 509 g/mol. The SMILES string of the molecule is CCn1c(SCC(=O)Nc2ccc(Cl)cc2Cl)nnc1C(NC(=O)c1ccc(OC)cc1)C(C)C. The van der Waals surface area contributed by atoms with Gasteiger partial charge < -0.3 is 19.9 Å². The monoisotopic (exact) mass is 535 g/mol. The van der Waals surface area contributed by atoms with Crippen LogP contribution in [0.5, 0.6) is 5.75 Å². The van der Waals surface area contributed by atoms with Gasteiger partial charge in [0.15, 0.2) is 11.0 Å². The molecule has 1 atom stereocenters. The number of hydrogen-bond donors (Lipinski definition) is 2. The number of rotatable bonds is 10. The van der Waals surface area contributed by atoms with Crippen LogP contribution >= 0.6 is 35.0 Å². The van der Waals surface area contributed by atoms with Crippen LogP contribution in [0.4, 0.5) is 5.69 Å². The zero-order valence-electron chi connectivity index (χ0n) is 19.8. The van der Waals surface area contributed by atoms with Crippen molar-refractivity contribution < 1.29 is 14.3 Å². The molecule has 0 aliphatic carbocycles. The van der Waals surface area contributed by atoms with E-state index in [4.69, 9.17) is 27.9 Å². The number of aromatic nitrogens is 3. The molecule has 0 fully saturated rings. The Morgan fingerprint density at radius 1 is 1.11 bits per heavy atom. The van der Waals surface area contributed by atoms with Crippen LogP contribution in [-0.4, -0.2) is 39.4 Å². The molecule has 0 aliphatic rings. The summed E-state index contributed by atoms with van der Waals surface area (Å²) in [5, 5.41) is 15.9. The van der Waals surface area contributed by atoms with Gasteiger partial charge in [-0.2, -0.15) is 0 Å². The summed E-state index contributed by atoms with van der Waals surface area (Å²) in [6, 6.07) is 11.4. The van der Waals surface area contributed by atoms with Gasteiger partial charge in [-0.15, -0.1) is 10.2 Å². The van der Waals surface area contributed by atoms with Crippen molar-refractivity contribution in [1.29, 1.82) is 0 Å². The predicted octanol–water partition coefficient (Wildman–Crippen LogP) is 5.47. The second kappa shape index (κ2) is 12.3. The molecule has 0 aliphatic heterocycles. The van der Waals surface area contributed by atoms with Gasteiger partial charge in [-0.3, -0.25) is 9.59 Å². The van der Waals surface area contributed by atoms with Crippen LogP contribution in [0.15, 0.2) is 47.6 Å². The molecule has 3 aromatic rings. The summed E-state index contributed by atoms with van der Waals surface area (Å²) in [5.41, 5.74) is 1.01. The van der Waals surface area contributed by atoms with Gasteiger partial charge in [0.05, 0.1) is 29.6 Å². The average Bonchev–Trinajstić information content (AvgIpc) is 3.25. The number of ether oxygens (including phenoxy) is 1. The highest BCUT2D eigenvalue weighted by Crippen LogP contribution is 2.28. The Hall–Kier alpha value is -2.75. The van der Waals surface area contributed by atoms with Gasteiger partial charge in [0.1, 0.15) is 5.75 Å². The number of halogens is 2. The van der Waals surface area contributed by atoms with Crippen LogP contribution < -0.4 is 15.4 Å². The Kier molecular flexibility index (Phi) is 9.42. The lowest BCUT2D eigenvalue weighted by atomic mass is 10.0. The van der Waals surface area contributed by atoms with E-state index >= 15 is 0 Å². The molecule has 35 heavy (non-hydrogen) atoms. The number of anilines is 1. The van der Waals surface area contributed by atoms with E-state index in [1.165, 1.54) is 11.8 Å². The molecule has 2 amide bonds. The van der Waals surface area contributed by atoms with Gasteiger partial charge in [-0.25, -0.2) is 0 Å². The molecule has 3 rings (SSSR count). The zero-order chi connectivity index (χ0) is 25.5. The van der Waals surface area contributed by atoms with Crippen LogP contribution in [0.25, 0.3) is 0 Å². The van der Waals surface area contributed by atoms with E-state index < -0.39 is 0 Å². The topological polar surface area (TPSA) is 98.1 Å². The Morgan fingerprint density at radius 3 is 2.43 bits per heavy atom. The van der Waals surface area contributed by atoms with Crippen molar-refractivity contribution in [2.45, 2.75) is 38.5 Å². The standard InChI is InChI=1S/C24H27Cl2N5O3S/c1-5-31-22(21(14(2)3)28-23(33)15-6-9-17(34-4)10-7-15)29-30-24(31)35-13-20(32)27-19-11-8-16(25)12-18(19)26/h6-12,14,21H,5,13H2,1-4H3,(H,27,32)(H,28,33). The van der Waals surface area contributed by atoms with E-state index in [2.05, 4.69) is 20.8 Å². The maximum Gasteiger partial charge on any atom is 0.251 e. The lowest BCUT2D eigenvalue weighted by Gasteiger charge is -2.22. The number of methoxy groups -OCH3 is 1. The van der Waals surface area contributed by atoms with E-state index in [9.17, 15) is 9.59 Å². The summed E-state index contributed by atoms with van der Waals surface area (Å²) in [4.78, 5) is 25.4. The molecule has 11 heteroatoms. The van der Waals surface area contributed by atoms with Gasteiger partial charge in [-0.1, -0.05) is 48.8 Å². The molecular formula is C24H27Cl2N5O3S. The quantitative estimate of drug-likeness (QED) is 0.334. The first-order valence-corrected chi connectivity index (χ1v) is 12.7. The molecule has 2 N–H and O–H groups in total. The molecule has 186 valence electrons. The summed E-state index contributed by atoms with van der Waals surface area (Å²) in [6.45, 7) is 6.55. The summed E-state index contributed by atoms with van der Waals surface area (Å²) in [6.07, 6.45) is 0. The summed E-state index contributed by atoms with van der Waals surface area (Å²) >= 11 is 13.3. The number of nitrogens with one attached hydrogen (secondary N) is 2. The molecule has 1 heterocycles. The summed E-state index contributed by atoms with van der Waals surface area (Å²) in [7, 11) is 1.58. The Morgan fingerprint density at radius 2 is 1.83 bits per heavy atom. The maximum absolute atomic E-state index is 12.9. The highest BCUT2D eigenvalue weighted by molar-refractivity contribution is 7.99. The number of thioether (sulfide) groups is 1. The first-order valence-electron chi connectivity index (χ1n) is 11.0. The highest BCUT2D eigenvalue weighted by atomic mass is 35.5. The van der Waals surface area contributed by atoms with E-state index in [1.54, 1.807) is 49.6 Å². The molecule has 8 nitrogen and oxygen atoms in total. The molecule has 0 saturated carbocycles.